The van der Waals surface area contributed by atoms with Crippen LogP contribution in [0.2, 0.25) is 0 Å². The molecule has 3 heteroatoms. The number of aliphatic hydroxyl groups is 1. The third-order valence-corrected chi connectivity index (χ3v) is 3.33. The Balaban J connectivity index is 1.66. The molecule has 2 N–H and O–H groups in total. The van der Waals surface area contributed by atoms with E-state index in [1.807, 2.05) is 0 Å². The van der Waals surface area contributed by atoms with Crippen molar-refractivity contribution in [3.8, 4) is 0 Å². The number of aliphatic hydroxyl groups excluding tert-OH is 1. The van der Waals surface area contributed by atoms with E-state index in [0.717, 1.165) is 25.7 Å². The second-order valence-electron chi connectivity index (χ2n) is 5.92. The summed E-state index contributed by atoms with van der Waals surface area (Å²) in [7, 11) is 0. The summed E-state index contributed by atoms with van der Waals surface area (Å²) in [5.41, 5.74) is 0. The molecule has 0 aromatic carbocycles. The van der Waals surface area contributed by atoms with Crippen LogP contribution in [0.4, 0.5) is 0 Å². The molecule has 2 rings (SSSR count). The summed E-state index contributed by atoms with van der Waals surface area (Å²) in [4.78, 5) is 2.48. The summed E-state index contributed by atoms with van der Waals surface area (Å²) in [5.74, 6) is 0.698. The Morgan fingerprint density at radius 1 is 1.19 bits per heavy atom. The van der Waals surface area contributed by atoms with Gasteiger partial charge in [-0.15, -0.1) is 0 Å². The summed E-state index contributed by atoms with van der Waals surface area (Å²) in [5, 5.41) is 13.4. The standard InChI is InChI=1S/C13H26N2O/c1-10(2)8-15(12-5-6-12)9-13(16)7-14-11-3-4-11/h10-14,16H,3-9H2,1-2H3. The SMILES string of the molecule is CC(C)CN(CC(O)CNC1CC1)C1CC1. The van der Waals surface area contributed by atoms with Crippen molar-refractivity contribution in [2.45, 2.75) is 57.7 Å². The monoisotopic (exact) mass is 226 g/mol. The zero-order chi connectivity index (χ0) is 11.5. The van der Waals surface area contributed by atoms with Gasteiger partial charge in [-0.1, -0.05) is 13.8 Å². The van der Waals surface area contributed by atoms with E-state index in [1.54, 1.807) is 0 Å². The van der Waals surface area contributed by atoms with Crippen LogP contribution in [0.3, 0.4) is 0 Å². The Labute approximate surface area is 99.2 Å². The molecule has 0 saturated heterocycles. The molecule has 1 atom stereocenters. The maximum absolute atomic E-state index is 9.98. The van der Waals surface area contributed by atoms with Gasteiger partial charge >= 0.3 is 0 Å². The van der Waals surface area contributed by atoms with Crippen LogP contribution in [-0.4, -0.2) is 47.8 Å². The maximum atomic E-state index is 9.98. The molecular formula is C13H26N2O. The number of hydrogen-bond acceptors (Lipinski definition) is 3. The van der Waals surface area contributed by atoms with Gasteiger partial charge < -0.3 is 10.4 Å². The predicted molar refractivity (Wildman–Crippen MR) is 66.5 cm³/mol. The number of nitrogens with zero attached hydrogens (tertiary/aromatic N) is 1. The zero-order valence-corrected chi connectivity index (χ0v) is 10.7. The summed E-state index contributed by atoms with van der Waals surface area (Å²) in [6.45, 7) is 7.26. The van der Waals surface area contributed by atoms with Crippen LogP contribution in [0.25, 0.3) is 0 Å². The highest BCUT2D eigenvalue weighted by Gasteiger charge is 2.30. The van der Waals surface area contributed by atoms with Gasteiger partial charge in [0.05, 0.1) is 6.10 Å². The van der Waals surface area contributed by atoms with Crippen molar-refractivity contribution in [3.63, 3.8) is 0 Å². The molecule has 2 aliphatic rings. The summed E-state index contributed by atoms with van der Waals surface area (Å²) < 4.78 is 0. The third kappa shape index (κ3) is 4.40. The lowest BCUT2D eigenvalue weighted by Gasteiger charge is -2.26. The minimum Gasteiger partial charge on any atom is -0.390 e. The highest BCUT2D eigenvalue weighted by Crippen LogP contribution is 2.27. The van der Waals surface area contributed by atoms with Crippen molar-refractivity contribution in [3.05, 3.63) is 0 Å². The molecule has 0 aromatic rings. The maximum Gasteiger partial charge on any atom is 0.0791 e. The quantitative estimate of drug-likeness (QED) is 0.653. The van der Waals surface area contributed by atoms with Crippen LogP contribution in [0.1, 0.15) is 39.5 Å². The van der Waals surface area contributed by atoms with Crippen LogP contribution in [0.15, 0.2) is 0 Å². The van der Waals surface area contributed by atoms with Gasteiger partial charge in [0.2, 0.25) is 0 Å². The van der Waals surface area contributed by atoms with Gasteiger partial charge in [0.15, 0.2) is 0 Å². The van der Waals surface area contributed by atoms with E-state index in [1.165, 1.54) is 25.7 Å². The van der Waals surface area contributed by atoms with E-state index in [4.69, 9.17) is 0 Å². The number of rotatable bonds is 8. The van der Waals surface area contributed by atoms with Crippen molar-refractivity contribution in [1.29, 1.82) is 0 Å². The Hall–Kier alpha value is -0.120. The molecule has 16 heavy (non-hydrogen) atoms. The Kier molecular flexibility index (Phi) is 4.22. The lowest BCUT2D eigenvalue weighted by atomic mass is 10.2. The molecule has 0 aliphatic heterocycles. The molecule has 94 valence electrons. The average Bonchev–Trinajstić information content (AvgIpc) is 3.05. The average molecular weight is 226 g/mol. The molecule has 1 unspecified atom stereocenters. The molecule has 2 fully saturated rings. The van der Waals surface area contributed by atoms with E-state index >= 15 is 0 Å². The van der Waals surface area contributed by atoms with Crippen molar-refractivity contribution < 1.29 is 5.11 Å². The second kappa shape index (κ2) is 5.48. The third-order valence-electron chi connectivity index (χ3n) is 3.33. The largest absolute Gasteiger partial charge is 0.390 e. The van der Waals surface area contributed by atoms with Crippen molar-refractivity contribution >= 4 is 0 Å². The van der Waals surface area contributed by atoms with Crippen LogP contribution in [0.5, 0.6) is 0 Å². The predicted octanol–water partition coefficient (Wildman–Crippen LogP) is 1.22. The molecule has 2 aliphatic carbocycles. The fraction of sp³-hybridized carbons (Fsp3) is 1.00. The first-order valence-electron chi connectivity index (χ1n) is 6.80. The van der Waals surface area contributed by atoms with E-state index in [-0.39, 0.29) is 6.10 Å². The summed E-state index contributed by atoms with van der Waals surface area (Å²) in [6, 6.07) is 1.46. The lowest BCUT2D eigenvalue weighted by molar-refractivity contribution is 0.0998. The van der Waals surface area contributed by atoms with Gasteiger partial charge in [-0.3, -0.25) is 4.90 Å². The Morgan fingerprint density at radius 2 is 1.88 bits per heavy atom. The molecule has 0 spiro atoms. The first-order chi connectivity index (χ1) is 7.65. The van der Waals surface area contributed by atoms with Crippen LogP contribution in [-0.2, 0) is 0 Å². The second-order valence-corrected chi connectivity index (χ2v) is 5.92. The topological polar surface area (TPSA) is 35.5 Å². The highest BCUT2D eigenvalue weighted by molar-refractivity contribution is 4.87. The van der Waals surface area contributed by atoms with Crippen molar-refractivity contribution in [2.75, 3.05) is 19.6 Å². The van der Waals surface area contributed by atoms with Crippen molar-refractivity contribution in [2.24, 2.45) is 5.92 Å². The van der Waals surface area contributed by atoms with Gasteiger partial charge in [0.1, 0.15) is 0 Å². The van der Waals surface area contributed by atoms with E-state index in [2.05, 4.69) is 24.1 Å². The van der Waals surface area contributed by atoms with Gasteiger partial charge in [-0.2, -0.15) is 0 Å². The Morgan fingerprint density at radius 3 is 2.38 bits per heavy atom. The number of hydrogen-bond donors (Lipinski definition) is 2. The van der Waals surface area contributed by atoms with E-state index in [9.17, 15) is 5.11 Å². The normalized spacial score (nSPS) is 23.1. The van der Waals surface area contributed by atoms with Crippen LogP contribution in [0, 0.1) is 5.92 Å². The van der Waals surface area contributed by atoms with Gasteiger partial charge in [0, 0.05) is 31.7 Å². The van der Waals surface area contributed by atoms with Gasteiger partial charge in [0.25, 0.3) is 0 Å². The molecule has 0 bridgehead atoms. The minimum atomic E-state index is -0.194. The first-order valence-corrected chi connectivity index (χ1v) is 6.80. The minimum absolute atomic E-state index is 0.194. The lowest BCUT2D eigenvalue weighted by Crippen LogP contribution is -2.41. The van der Waals surface area contributed by atoms with Gasteiger partial charge in [-0.05, 0) is 31.6 Å². The highest BCUT2D eigenvalue weighted by atomic mass is 16.3. The molecule has 2 saturated carbocycles. The van der Waals surface area contributed by atoms with E-state index < -0.39 is 0 Å². The molecule has 3 nitrogen and oxygen atoms in total. The van der Waals surface area contributed by atoms with E-state index in [0.29, 0.717) is 12.0 Å². The van der Waals surface area contributed by atoms with Crippen LogP contribution < -0.4 is 5.32 Å². The summed E-state index contributed by atoms with van der Waals surface area (Å²) >= 11 is 0. The molecule has 0 heterocycles. The number of nitrogens with one attached hydrogen (secondary N) is 1. The fourth-order valence-electron chi connectivity index (χ4n) is 2.21. The molecule has 0 aromatic heterocycles. The Bertz CT molecular complexity index is 212. The smallest absolute Gasteiger partial charge is 0.0791 e. The van der Waals surface area contributed by atoms with Crippen LogP contribution >= 0.6 is 0 Å². The van der Waals surface area contributed by atoms with Crippen molar-refractivity contribution in [1.82, 2.24) is 10.2 Å². The van der Waals surface area contributed by atoms with Gasteiger partial charge in [-0.25, -0.2) is 0 Å². The summed E-state index contributed by atoms with van der Waals surface area (Å²) in [6.07, 6.45) is 5.06. The molecule has 0 radical (unpaired) electrons. The molecular weight excluding hydrogens is 200 g/mol. The first kappa shape index (κ1) is 12.3. The molecule has 0 amide bonds. The fourth-order valence-corrected chi connectivity index (χ4v) is 2.21. The zero-order valence-electron chi connectivity index (χ0n) is 10.7.